The van der Waals surface area contributed by atoms with Gasteiger partial charge in [-0.1, -0.05) is 41.4 Å². The van der Waals surface area contributed by atoms with Gasteiger partial charge in [0.2, 0.25) is 5.55 Å². The summed E-state index contributed by atoms with van der Waals surface area (Å²) in [5.74, 6) is -0.936. The zero-order valence-electron chi connectivity index (χ0n) is 14.8. The van der Waals surface area contributed by atoms with Crippen molar-refractivity contribution in [1.82, 2.24) is 0 Å². The number of nitrogens with zero attached hydrogens (tertiary/aromatic N) is 1. The lowest BCUT2D eigenvalue weighted by atomic mass is 10.1. The van der Waals surface area contributed by atoms with Gasteiger partial charge in [-0.3, -0.25) is 4.79 Å². The molecule has 0 aliphatic rings. The monoisotopic (exact) mass is 426 g/mol. The number of halogens is 3. The van der Waals surface area contributed by atoms with Crippen molar-refractivity contribution in [3.05, 3.63) is 99.8 Å². The number of anilines is 1. The molecule has 0 unspecified atom stereocenters. The molecule has 0 bridgehead atoms. The van der Waals surface area contributed by atoms with Gasteiger partial charge in [0.1, 0.15) is 17.0 Å². The Bertz CT molecular complexity index is 1280. The Balaban J connectivity index is 1.86. The predicted octanol–water partition coefficient (Wildman–Crippen LogP) is 6.36. The van der Waals surface area contributed by atoms with Crippen LogP contribution >= 0.6 is 23.2 Å². The second-order valence-electron chi connectivity index (χ2n) is 6.17. The predicted molar refractivity (Wildman–Crippen MR) is 112 cm³/mol. The van der Waals surface area contributed by atoms with Crippen LogP contribution in [0.25, 0.3) is 11.0 Å². The Morgan fingerprint density at radius 2 is 1.72 bits per heavy atom. The summed E-state index contributed by atoms with van der Waals surface area (Å²) in [7, 11) is 0. The summed E-state index contributed by atoms with van der Waals surface area (Å²) in [4.78, 5) is 17.2. The van der Waals surface area contributed by atoms with Gasteiger partial charge in [-0.25, -0.2) is 9.38 Å². The smallest absolute Gasteiger partial charge is 0.261 e. The summed E-state index contributed by atoms with van der Waals surface area (Å²) in [6.45, 7) is 0. The van der Waals surface area contributed by atoms with Crippen molar-refractivity contribution in [3.63, 3.8) is 0 Å². The summed E-state index contributed by atoms with van der Waals surface area (Å²) in [5, 5.41) is 4.29. The fourth-order valence-corrected chi connectivity index (χ4v) is 3.01. The number of hydrogen-bond acceptors (Lipinski definition) is 3. The highest BCUT2D eigenvalue weighted by Gasteiger charge is 2.14. The van der Waals surface area contributed by atoms with Crippen LogP contribution in [0.3, 0.4) is 0 Å². The summed E-state index contributed by atoms with van der Waals surface area (Å²) >= 11 is 12.0. The molecular weight excluding hydrogens is 414 g/mol. The summed E-state index contributed by atoms with van der Waals surface area (Å²) in [5.41, 5.74) is 1.44. The summed E-state index contributed by atoms with van der Waals surface area (Å²) < 4.78 is 19.5. The largest absolute Gasteiger partial charge is 0.438 e. The average Bonchev–Trinajstić information content (AvgIpc) is 2.72. The van der Waals surface area contributed by atoms with Crippen LogP contribution in [0.2, 0.25) is 10.0 Å². The standard InChI is InChI=1S/C22H13Cl2FN2O2/c23-14-5-8-16(9-6-14)26-21(28)17-11-13-3-1-2-4-20(13)29-22(17)27-19-12-15(25)7-10-18(19)24/h1-12H,(H,26,28). The van der Waals surface area contributed by atoms with E-state index in [2.05, 4.69) is 10.3 Å². The highest BCUT2D eigenvalue weighted by molar-refractivity contribution is 6.33. The minimum Gasteiger partial charge on any atom is -0.438 e. The second kappa shape index (κ2) is 8.07. The lowest BCUT2D eigenvalue weighted by molar-refractivity contribution is 0.102. The third-order valence-corrected chi connectivity index (χ3v) is 4.70. The Labute approximate surface area is 175 Å². The quantitative estimate of drug-likeness (QED) is 0.414. The molecule has 0 atom stereocenters. The highest BCUT2D eigenvalue weighted by Crippen LogP contribution is 2.25. The number of carbonyl (C=O) groups is 1. The molecular formula is C22H13Cl2FN2O2. The van der Waals surface area contributed by atoms with Gasteiger partial charge < -0.3 is 9.73 Å². The van der Waals surface area contributed by atoms with Gasteiger partial charge >= 0.3 is 0 Å². The molecule has 0 saturated heterocycles. The van der Waals surface area contributed by atoms with E-state index in [-0.39, 0.29) is 21.8 Å². The number of rotatable bonds is 3. The Hall–Kier alpha value is -3.15. The van der Waals surface area contributed by atoms with Crippen LogP contribution in [0.1, 0.15) is 10.4 Å². The zero-order valence-corrected chi connectivity index (χ0v) is 16.3. The number of hydrogen-bond donors (Lipinski definition) is 1. The molecule has 0 radical (unpaired) electrons. The van der Waals surface area contributed by atoms with Gasteiger partial charge in [-0.2, -0.15) is 0 Å². The molecule has 29 heavy (non-hydrogen) atoms. The lowest BCUT2D eigenvalue weighted by Crippen LogP contribution is -2.21. The van der Waals surface area contributed by atoms with E-state index in [9.17, 15) is 9.18 Å². The normalized spacial score (nSPS) is 11.6. The van der Waals surface area contributed by atoms with E-state index >= 15 is 0 Å². The maximum Gasteiger partial charge on any atom is 0.261 e. The van der Waals surface area contributed by atoms with E-state index in [1.165, 1.54) is 18.2 Å². The molecule has 0 aliphatic heterocycles. The number of nitrogens with one attached hydrogen (secondary N) is 1. The third-order valence-electron chi connectivity index (χ3n) is 4.13. The Morgan fingerprint density at radius 3 is 2.52 bits per heavy atom. The van der Waals surface area contributed by atoms with Gasteiger partial charge in [0.15, 0.2) is 0 Å². The third kappa shape index (κ3) is 4.31. The van der Waals surface area contributed by atoms with E-state index in [1.54, 1.807) is 42.5 Å². The fraction of sp³-hybridized carbons (Fsp3) is 0. The lowest BCUT2D eigenvalue weighted by Gasteiger charge is -2.07. The Kier molecular flexibility index (Phi) is 5.34. The summed E-state index contributed by atoms with van der Waals surface area (Å²) in [6, 6.07) is 19.4. The first kappa shape index (κ1) is 19.2. The van der Waals surface area contributed by atoms with E-state index < -0.39 is 11.7 Å². The minimum absolute atomic E-state index is 0.0164. The van der Waals surface area contributed by atoms with Gasteiger partial charge in [-0.05, 0) is 48.5 Å². The van der Waals surface area contributed by atoms with E-state index in [0.29, 0.717) is 16.3 Å². The first-order valence-corrected chi connectivity index (χ1v) is 9.35. The van der Waals surface area contributed by atoms with Crippen LogP contribution in [0.15, 0.2) is 82.2 Å². The van der Waals surface area contributed by atoms with Crippen LogP contribution in [-0.4, -0.2) is 5.91 Å². The van der Waals surface area contributed by atoms with Gasteiger partial charge in [0.05, 0.1) is 10.7 Å². The van der Waals surface area contributed by atoms with Crippen molar-refractivity contribution in [2.24, 2.45) is 4.99 Å². The molecule has 144 valence electrons. The van der Waals surface area contributed by atoms with Crippen molar-refractivity contribution in [2.45, 2.75) is 0 Å². The molecule has 1 heterocycles. The molecule has 3 aromatic carbocycles. The topological polar surface area (TPSA) is 54.6 Å². The summed E-state index contributed by atoms with van der Waals surface area (Å²) in [6.07, 6.45) is 0. The van der Waals surface area contributed by atoms with E-state index in [0.717, 1.165) is 5.39 Å². The van der Waals surface area contributed by atoms with Crippen molar-refractivity contribution in [3.8, 4) is 0 Å². The van der Waals surface area contributed by atoms with Crippen molar-refractivity contribution in [2.75, 3.05) is 5.32 Å². The van der Waals surface area contributed by atoms with Crippen LogP contribution < -0.4 is 10.9 Å². The SMILES string of the molecule is O=C(Nc1ccc(Cl)cc1)c1cc2ccccc2oc1=Nc1cc(F)ccc1Cl. The second-order valence-corrected chi connectivity index (χ2v) is 7.02. The molecule has 4 rings (SSSR count). The molecule has 4 nitrogen and oxygen atoms in total. The van der Waals surface area contributed by atoms with Crippen molar-refractivity contribution in [1.29, 1.82) is 0 Å². The molecule has 1 amide bonds. The molecule has 4 aromatic rings. The maximum atomic E-state index is 13.6. The molecule has 7 heteroatoms. The number of carbonyl (C=O) groups excluding carboxylic acids is 1. The number of benzene rings is 3. The fourth-order valence-electron chi connectivity index (χ4n) is 2.73. The van der Waals surface area contributed by atoms with E-state index in [1.807, 2.05) is 12.1 Å². The molecule has 1 aromatic heterocycles. The first-order valence-electron chi connectivity index (χ1n) is 8.59. The van der Waals surface area contributed by atoms with Gasteiger partial charge in [0, 0.05) is 22.2 Å². The van der Waals surface area contributed by atoms with Crippen LogP contribution in [0.5, 0.6) is 0 Å². The van der Waals surface area contributed by atoms with Crippen molar-refractivity contribution < 1.29 is 13.6 Å². The minimum atomic E-state index is -0.499. The van der Waals surface area contributed by atoms with Crippen molar-refractivity contribution >= 4 is 51.5 Å². The van der Waals surface area contributed by atoms with Crippen LogP contribution in [0.4, 0.5) is 15.8 Å². The van der Waals surface area contributed by atoms with Gasteiger partial charge in [-0.15, -0.1) is 0 Å². The molecule has 0 spiro atoms. The maximum absolute atomic E-state index is 13.6. The van der Waals surface area contributed by atoms with Crippen LogP contribution in [-0.2, 0) is 0 Å². The van der Waals surface area contributed by atoms with Gasteiger partial charge in [0.25, 0.3) is 5.91 Å². The van der Waals surface area contributed by atoms with Crippen LogP contribution in [0, 0.1) is 5.82 Å². The first-order chi connectivity index (χ1) is 14.0. The molecule has 1 N–H and O–H groups in total. The number of fused-ring (bicyclic) bond motifs is 1. The number of amides is 1. The molecule has 0 aliphatic carbocycles. The molecule has 0 fully saturated rings. The Morgan fingerprint density at radius 1 is 0.966 bits per heavy atom. The number of para-hydroxylation sites is 1. The zero-order chi connectivity index (χ0) is 20.4. The molecule has 0 saturated carbocycles. The highest BCUT2D eigenvalue weighted by atomic mass is 35.5. The average molecular weight is 427 g/mol. The van der Waals surface area contributed by atoms with E-state index in [4.69, 9.17) is 27.6 Å².